The van der Waals surface area contributed by atoms with Gasteiger partial charge in [0.15, 0.2) is 17.3 Å². The average molecular weight is 443 g/mol. The minimum atomic E-state index is -0.366. The summed E-state index contributed by atoms with van der Waals surface area (Å²) in [6.07, 6.45) is 1.14. The number of methoxy groups -OCH3 is 2. The van der Waals surface area contributed by atoms with E-state index in [1.54, 1.807) is 19.2 Å². The molecule has 0 aromatic heterocycles. The number of phenolic OH excluding ortho intramolecular Hbond substituents is 1. The summed E-state index contributed by atoms with van der Waals surface area (Å²) in [7, 11) is 3.17. The lowest BCUT2D eigenvalue weighted by atomic mass is 9.78. The number of benzene rings is 3. The number of anilines is 2. The molecule has 3 aromatic rings. The van der Waals surface area contributed by atoms with Gasteiger partial charge in [0.2, 0.25) is 0 Å². The van der Waals surface area contributed by atoms with Crippen molar-refractivity contribution in [3.63, 3.8) is 0 Å². The maximum absolute atomic E-state index is 13.6. The van der Waals surface area contributed by atoms with Gasteiger partial charge >= 0.3 is 0 Å². The molecule has 0 bridgehead atoms. The second-order valence-electron chi connectivity index (χ2n) is 8.37. The lowest BCUT2D eigenvalue weighted by Gasteiger charge is -2.30. The molecule has 1 aliphatic carbocycles. The second kappa shape index (κ2) is 8.54. The Hall–Kier alpha value is -3.93. The molecule has 5 rings (SSSR count). The number of ketones is 1. The van der Waals surface area contributed by atoms with E-state index in [9.17, 15) is 9.90 Å². The molecule has 2 atom stereocenters. The van der Waals surface area contributed by atoms with E-state index in [0.29, 0.717) is 12.2 Å². The molecule has 0 saturated carbocycles. The number of Topliss-reactive ketones (excluding diaryl/α,β-unsaturated/α-hetero) is 1. The van der Waals surface area contributed by atoms with Crippen LogP contribution in [0.5, 0.6) is 17.2 Å². The van der Waals surface area contributed by atoms with Crippen LogP contribution in [0, 0.1) is 0 Å². The van der Waals surface area contributed by atoms with Gasteiger partial charge in [0.25, 0.3) is 0 Å². The summed E-state index contributed by atoms with van der Waals surface area (Å²) in [5, 5.41) is 17.2. The smallest absolute Gasteiger partial charge is 0.163 e. The predicted octanol–water partition coefficient (Wildman–Crippen LogP) is 5.39. The highest BCUT2D eigenvalue weighted by Gasteiger charge is 2.36. The van der Waals surface area contributed by atoms with E-state index in [-0.39, 0.29) is 23.5 Å². The van der Waals surface area contributed by atoms with Crippen molar-refractivity contribution in [2.45, 2.75) is 24.8 Å². The average Bonchev–Trinajstić information content (AvgIpc) is 3.01. The molecule has 0 amide bonds. The number of carbonyl (C=O) groups is 1. The lowest BCUT2D eigenvalue weighted by Crippen LogP contribution is -2.26. The Labute approximate surface area is 192 Å². The van der Waals surface area contributed by atoms with Crippen LogP contribution in [0.3, 0.4) is 0 Å². The fraction of sp³-hybridized carbons (Fsp3) is 0.222. The molecular weight excluding hydrogens is 416 g/mol. The predicted molar refractivity (Wildman–Crippen MR) is 128 cm³/mol. The van der Waals surface area contributed by atoms with Crippen LogP contribution in [-0.4, -0.2) is 25.1 Å². The first kappa shape index (κ1) is 20.9. The van der Waals surface area contributed by atoms with Crippen molar-refractivity contribution < 1.29 is 19.4 Å². The van der Waals surface area contributed by atoms with Gasteiger partial charge in [-0.15, -0.1) is 0 Å². The third-order valence-electron chi connectivity index (χ3n) is 6.43. The number of para-hydroxylation sites is 2. The van der Waals surface area contributed by atoms with Crippen molar-refractivity contribution in [2.24, 2.45) is 0 Å². The van der Waals surface area contributed by atoms with Crippen LogP contribution in [0.25, 0.3) is 0 Å². The quantitative estimate of drug-likeness (QED) is 0.503. The standard InChI is InChI=1S/C27H26N2O4/c1-32-19-10-7-16(8-11-19)18-13-22-26(24(31)14-18)27(17-9-12-23(30)25(15-17)33-2)29-21-6-4-3-5-20(21)28-22/h3-12,15,18,27-30H,13-14H2,1-2H3/t18-,27+/m0/s1. The molecule has 1 aliphatic heterocycles. The van der Waals surface area contributed by atoms with Crippen molar-refractivity contribution >= 4 is 17.2 Å². The summed E-state index contributed by atoms with van der Waals surface area (Å²) >= 11 is 0. The summed E-state index contributed by atoms with van der Waals surface area (Å²) in [6, 6.07) is 20.7. The SMILES string of the molecule is COc1ccc([C@@H]2CC(=O)C3=C(C2)Nc2ccccc2N[C@@H]3c2ccc(O)c(OC)c2)cc1. The Morgan fingerprint density at radius 2 is 1.61 bits per heavy atom. The summed E-state index contributed by atoms with van der Waals surface area (Å²) in [5.41, 5.74) is 5.46. The molecule has 6 heteroatoms. The molecule has 1 heterocycles. The van der Waals surface area contributed by atoms with Crippen LogP contribution < -0.4 is 20.1 Å². The molecule has 3 aromatic carbocycles. The van der Waals surface area contributed by atoms with Gasteiger partial charge in [0, 0.05) is 17.7 Å². The zero-order valence-electron chi connectivity index (χ0n) is 18.6. The van der Waals surface area contributed by atoms with Gasteiger partial charge < -0.3 is 25.2 Å². The van der Waals surface area contributed by atoms with Gasteiger partial charge in [-0.05, 0) is 59.9 Å². The number of phenols is 1. The van der Waals surface area contributed by atoms with Gasteiger partial charge in [-0.2, -0.15) is 0 Å². The number of aromatic hydroxyl groups is 1. The van der Waals surface area contributed by atoms with E-state index in [1.165, 1.54) is 7.11 Å². The molecule has 0 spiro atoms. The fourth-order valence-corrected chi connectivity index (χ4v) is 4.73. The largest absolute Gasteiger partial charge is 0.504 e. The van der Waals surface area contributed by atoms with E-state index in [0.717, 1.165) is 45.9 Å². The Morgan fingerprint density at radius 1 is 0.879 bits per heavy atom. The number of nitrogens with one attached hydrogen (secondary N) is 2. The number of rotatable bonds is 4. The highest BCUT2D eigenvalue weighted by atomic mass is 16.5. The van der Waals surface area contributed by atoms with Gasteiger partial charge in [-0.1, -0.05) is 30.3 Å². The van der Waals surface area contributed by atoms with Gasteiger partial charge in [0.05, 0.1) is 31.6 Å². The number of allylic oxidation sites excluding steroid dienone is 1. The Morgan fingerprint density at radius 3 is 2.33 bits per heavy atom. The minimum Gasteiger partial charge on any atom is -0.504 e. The number of fused-ring (bicyclic) bond motifs is 1. The summed E-state index contributed by atoms with van der Waals surface area (Å²) in [6.45, 7) is 0. The molecule has 3 N–H and O–H groups in total. The Kier molecular flexibility index (Phi) is 5.42. The summed E-state index contributed by atoms with van der Waals surface area (Å²) < 4.78 is 10.6. The first-order valence-corrected chi connectivity index (χ1v) is 11.0. The number of ether oxygens (including phenoxy) is 2. The van der Waals surface area contributed by atoms with Crippen LogP contribution in [0.15, 0.2) is 78.0 Å². The summed E-state index contributed by atoms with van der Waals surface area (Å²) in [5.74, 6) is 1.42. The maximum atomic E-state index is 13.6. The van der Waals surface area contributed by atoms with Crippen LogP contribution >= 0.6 is 0 Å². The van der Waals surface area contributed by atoms with E-state index >= 15 is 0 Å². The molecular formula is C27H26N2O4. The molecule has 0 unspecified atom stereocenters. The molecule has 33 heavy (non-hydrogen) atoms. The maximum Gasteiger partial charge on any atom is 0.163 e. The van der Waals surface area contributed by atoms with Crippen molar-refractivity contribution in [1.82, 2.24) is 0 Å². The third-order valence-corrected chi connectivity index (χ3v) is 6.43. The molecule has 0 radical (unpaired) electrons. The van der Waals surface area contributed by atoms with E-state index in [2.05, 4.69) is 10.6 Å². The lowest BCUT2D eigenvalue weighted by molar-refractivity contribution is -0.116. The van der Waals surface area contributed by atoms with Crippen molar-refractivity contribution in [1.29, 1.82) is 0 Å². The molecule has 0 saturated heterocycles. The van der Waals surface area contributed by atoms with Gasteiger partial charge in [-0.3, -0.25) is 4.79 Å². The highest BCUT2D eigenvalue weighted by Crippen LogP contribution is 2.45. The molecule has 6 nitrogen and oxygen atoms in total. The zero-order chi connectivity index (χ0) is 22.9. The highest BCUT2D eigenvalue weighted by molar-refractivity contribution is 6.01. The second-order valence-corrected chi connectivity index (χ2v) is 8.37. The van der Waals surface area contributed by atoms with E-state index < -0.39 is 0 Å². The normalized spacial score (nSPS) is 19.5. The van der Waals surface area contributed by atoms with Crippen LogP contribution in [-0.2, 0) is 4.79 Å². The van der Waals surface area contributed by atoms with Crippen molar-refractivity contribution in [3.05, 3.63) is 89.1 Å². The Balaban J connectivity index is 1.59. The molecule has 0 fully saturated rings. The van der Waals surface area contributed by atoms with Crippen LogP contribution in [0.1, 0.15) is 35.9 Å². The zero-order valence-corrected chi connectivity index (χ0v) is 18.6. The van der Waals surface area contributed by atoms with Crippen LogP contribution in [0.4, 0.5) is 11.4 Å². The Bertz CT molecular complexity index is 1230. The van der Waals surface area contributed by atoms with Gasteiger partial charge in [-0.25, -0.2) is 0 Å². The number of carbonyl (C=O) groups excluding carboxylic acids is 1. The third kappa shape index (κ3) is 3.89. The van der Waals surface area contributed by atoms with Gasteiger partial charge in [0.1, 0.15) is 5.75 Å². The van der Waals surface area contributed by atoms with E-state index in [4.69, 9.17) is 9.47 Å². The first-order chi connectivity index (χ1) is 16.1. The van der Waals surface area contributed by atoms with Crippen molar-refractivity contribution in [3.8, 4) is 17.2 Å². The fourth-order valence-electron chi connectivity index (χ4n) is 4.73. The monoisotopic (exact) mass is 442 g/mol. The van der Waals surface area contributed by atoms with Crippen LogP contribution in [0.2, 0.25) is 0 Å². The van der Waals surface area contributed by atoms with Crippen molar-refractivity contribution in [2.75, 3.05) is 24.9 Å². The topological polar surface area (TPSA) is 79.8 Å². The first-order valence-electron chi connectivity index (χ1n) is 11.0. The minimum absolute atomic E-state index is 0.0668. The molecule has 2 aliphatic rings. The number of hydrogen-bond acceptors (Lipinski definition) is 6. The van der Waals surface area contributed by atoms with E-state index in [1.807, 2.05) is 54.6 Å². The number of hydrogen-bond donors (Lipinski definition) is 3. The molecule has 168 valence electrons. The summed E-state index contributed by atoms with van der Waals surface area (Å²) in [4.78, 5) is 13.6.